The van der Waals surface area contributed by atoms with Gasteiger partial charge in [-0.05, 0) is 12.1 Å². The van der Waals surface area contributed by atoms with E-state index in [1.54, 1.807) is 0 Å². The molecule has 8 nitrogen and oxygen atoms in total. The molecular formula is C11H8ClN3O5S. The molecule has 1 aromatic carbocycles. The third-order valence-electron chi connectivity index (χ3n) is 2.45. The molecule has 0 aliphatic rings. The van der Waals surface area contributed by atoms with Crippen LogP contribution >= 0.6 is 23.1 Å². The van der Waals surface area contributed by atoms with Crippen LogP contribution in [0.2, 0.25) is 4.34 Å². The summed E-state index contributed by atoms with van der Waals surface area (Å²) in [5.74, 6) is -0.673. The standard InChI is InChI=1S/C11H8ClN3O5S/c1-19-11(16)6-2-3-9(8(4-6)15(17)18)20-5-7-10(12)21-14-13-7/h2-4H,5H2,1H3. The minimum Gasteiger partial charge on any atom is -0.480 e. The molecule has 110 valence electrons. The van der Waals surface area contributed by atoms with E-state index >= 15 is 0 Å². The topological polar surface area (TPSA) is 104 Å². The van der Waals surface area contributed by atoms with E-state index < -0.39 is 10.9 Å². The molecule has 0 aliphatic heterocycles. The molecule has 1 aromatic heterocycles. The first kappa shape index (κ1) is 15.1. The lowest BCUT2D eigenvalue weighted by Crippen LogP contribution is -2.04. The van der Waals surface area contributed by atoms with Crippen LogP contribution in [-0.4, -0.2) is 27.6 Å². The molecule has 0 saturated carbocycles. The fraction of sp³-hybridized carbons (Fsp3) is 0.182. The predicted molar refractivity (Wildman–Crippen MR) is 73.7 cm³/mol. The Morgan fingerprint density at radius 3 is 2.86 bits per heavy atom. The molecule has 0 fully saturated rings. The summed E-state index contributed by atoms with van der Waals surface area (Å²) < 4.78 is 13.8. The first-order chi connectivity index (χ1) is 10.0. The zero-order chi connectivity index (χ0) is 15.4. The highest BCUT2D eigenvalue weighted by Crippen LogP contribution is 2.29. The lowest BCUT2D eigenvalue weighted by atomic mass is 10.2. The number of halogens is 1. The van der Waals surface area contributed by atoms with Gasteiger partial charge < -0.3 is 9.47 Å². The molecule has 0 radical (unpaired) electrons. The largest absolute Gasteiger partial charge is 0.480 e. The van der Waals surface area contributed by atoms with Crippen molar-refractivity contribution in [1.82, 2.24) is 9.59 Å². The van der Waals surface area contributed by atoms with Crippen LogP contribution in [0.3, 0.4) is 0 Å². The molecule has 0 aliphatic carbocycles. The molecule has 0 unspecified atom stereocenters. The predicted octanol–water partition coefficient (Wildman–Crippen LogP) is 2.47. The van der Waals surface area contributed by atoms with Crippen molar-refractivity contribution < 1.29 is 19.2 Å². The van der Waals surface area contributed by atoms with Crippen molar-refractivity contribution in [1.29, 1.82) is 0 Å². The van der Waals surface area contributed by atoms with Gasteiger partial charge in [-0.1, -0.05) is 16.1 Å². The number of hydrogen-bond acceptors (Lipinski definition) is 8. The van der Waals surface area contributed by atoms with Gasteiger partial charge in [0.1, 0.15) is 16.6 Å². The number of aromatic nitrogens is 2. The lowest BCUT2D eigenvalue weighted by Gasteiger charge is -2.06. The molecule has 0 N–H and O–H groups in total. The van der Waals surface area contributed by atoms with Gasteiger partial charge >= 0.3 is 11.7 Å². The molecule has 2 aromatic rings. The fourth-order valence-electron chi connectivity index (χ4n) is 1.46. The molecule has 0 atom stereocenters. The average Bonchev–Trinajstić information content (AvgIpc) is 2.89. The van der Waals surface area contributed by atoms with Crippen LogP contribution in [0.1, 0.15) is 16.1 Å². The van der Waals surface area contributed by atoms with E-state index in [2.05, 4.69) is 14.3 Å². The smallest absolute Gasteiger partial charge is 0.338 e. The van der Waals surface area contributed by atoms with E-state index in [0.29, 0.717) is 10.0 Å². The monoisotopic (exact) mass is 329 g/mol. The van der Waals surface area contributed by atoms with Gasteiger partial charge in [0.05, 0.1) is 17.6 Å². The van der Waals surface area contributed by atoms with Crippen LogP contribution in [0.4, 0.5) is 5.69 Å². The Kier molecular flexibility index (Phi) is 4.66. The van der Waals surface area contributed by atoms with Gasteiger partial charge in [0.15, 0.2) is 5.75 Å². The summed E-state index contributed by atoms with van der Waals surface area (Å²) >= 11 is 6.80. The normalized spacial score (nSPS) is 10.2. The molecule has 1 heterocycles. The van der Waals surface area contributed by atoms with E-state index in [9.17, 15) is 14.9 Å². The first-order valence-electron chi connectivity index (χ1n) is 5.49. The number of nitro benzene ring substituents is 1. The van der Waals surface area contributed by atoms with Gasteiger partial charge in [0.25, 0.3) is 0 Å². The van der Waals surface area contributed by atoms with Gasteiger partial charge in [-0.15, -0.1) is 5.10 Å². The van der Waals surface area contributed by atoms with E-state index in [1.165, 1.54) is 19.2 Å². The van der Waals surface area contributed by atoms with Crippen LogP contribution in [0, 0.1) is 10.1 Å². The van der Waals surface area contributed by atoms with Crippen LogP contribution in [-0.2, 0) is 11.3 Å². The van der Waals surface area contributed by atoms with E-state index in [4.69, 9.17) is 16.3 Å². The maximum Gasteiger partial charge on any atom is 0.338 e. The number of carbonyl (C=O) groups is 1. The second kappa shape index (κ2) is 6.46. The average molecular weight is 330 g/mol. The van der Waals surface area contributed by atoms with Gasteiger partial charge in [-0.3, -0.25) is 10.1 Å². The number of esters is 1. The molecule has 10 heteroatoms. The SMILES string of the molecule is COC(=O)c1ccc(OCc2nnsc2Cl)c([N+](=O)[O-])c1. The zero-order valence-electron chi connectivity index (χ0n) is 10.6. The lowest BCUT2D eigenvalue weighted by molar-refractivity contribution is -0.386. The number of nitrogens with zero attached hydrogens (tertiary/aromatic N) is 3. The Balaban J connectivity index is 2.24. The summed E-state index contributed by atoms with van der Waals surface area (Å²) in [6.45, 7) is -0.0618. The molecule has 0 saturated heterocycles. The highest BCUT2D eigenvalue weighted by molar-refractivity contribution is 7.10. The summed E-state index contributed by atoms with van der Waals surface area (Å²) in [6, 6.07) is 3.77. The van der Waals surface area contributed by atoms with E-state index in [-0.39, 0.29) is 23.6 Å². The van der Waals surface area contributed by atoms with Crippen LogP contribution < -0.4 is 4.74 Å². The van der Waals surface area contributed by atoms with Crippen molar-refractivity contribution in [2.24, 2.45) is 0 Å². The quantitative estimate of drug-likeness (QED) is 0.471. The van der Waals surface area contributed by atoms with Crippen molar-refractivity contribution in [3.05, 3.63) is 43.9 Å². The number of carbonyl (C=O) groups excluding carboxylic acids is 1. The summed E-state index contributed by atoms with van der Waals surface area (Å²) in [4.78, 5) is 21.8. The van der Waals surface area contributed by atoms with Gasteiger partial charge in [-0.25, -0.2) is 4.79 Å². The molecule has 2 rings (SSSR count). The maximum absolute atomic E-state index is 11.4. The Hall–Kier alpha value is -2.26. The second-order valence-electron chi connectivity index (χ2n) is 3.71. The zero-order valence-corrected chi connectivity index (χ0v) is 12.2. The number of methoxy groups -OCH3 is 1. The van der Waals surface area contributed by atoms with Crippen molar-refractivity contribution in [2.45, 2.75) is 6.61 Å². The Morgan fingerprint density at radius 1 is 1.52 bits per heavy atom. The number of ether oxygens (including phenoxy) is 2. The number of nitro groups is 1. The highest BCUT2D eigenvalue weighted by atomic mass is 35.5. The van der Waals surface area contributed by atoms with Crippen molar-refractivity contribution >= 4 is 34.8 Å². The maximum atomic E-state index is 11.4. The summed E-state index contributed by atoms with van der Waals surface area (Å²) in [7, 11) is 1.19. The van der Waals surface area contributed by atoms with Crippen molar-refractivity contribution in [2.75, 3.05) is 7.11 Å². The van der Waals surface area contributed by atoms with Gasteiger partial charge in [0, 0.05) is 17.6 Å². The Bertz CT molecular complexity index is 690. The second-order valence-corrected chi connectivity index (χ2v) is 5.07. The molecule has 0 spiro atoms. The van der Waals surface area contributed by atoms with Gasteiger partial charge in [-0.2, -0.15) is 0 Å². The molecule has 21 heavy (non-hydrogen) atoms. The Morgan fingerprint density at radius 2 is 2.29 bits per heavy atom. The van der Waals surface area contributed by atoms with Gasteiger partial charge in [0.2, 0.25) is 0 Å². The molecule has 0 amide bonds. The van der Waals surface area contributed by atoms with Crippen LogP contribution in [0.5, 0.6) is 5.75 Å². The van der Waals surface area contributed by atoms with E-state index in [0.717, 1.165) is 17.6 Å². The number of hydrogen-bond donors (Lipinski definition) is 0. The number of benzene rings is 1. The summed E-state index contributed by atoms with van der Waals surface area (Å²) in [5.41, 5.74) is 0.0927. The Labute approximate surface area is 127 Å². The first-order valence-corrected chi connectivity index (χ1v) is 6.64. The summed E-state index contributed by atoms with van der Waals surface area (Å²) in [5, 5.41) is 14.8. The minimum absolute atomic E-state index is 0.00304. The van der Waals surface area contributed by atoms with Crippen molar-refractivity contribution in [3.63, 3.8) is 0 Å². The third kappa shape index (κ3) is 3.44. The molecule has 0 bridgehead atoms. The van der Waals surface area contributed by atoms with E-state index in [1.807, 2.05) is 0 Å². The minimum atomic E-state index is -0.670. The fourth-order valence-corrected chi connectivity index (χ4v) is 2.06. The van der Waals surface area contributed by atoms with Crippen LogP contribution in [0.25, 0.3) is 0 Å². The third-order valence-corrected chi connectivity index (χ3v) is 3.43. The number of rotatable bonds is 5. The molecular weight excluding hydrogens is 322 g/mol. The summed E-state index contributed by atoms with van der Waals surface area (Å²) in [6.07, 6.45) is 0. The van der Waals surface area contributed by atoms with Crippen molar-refractivity contribution in [3.8, 4) is 5.75 Å². The highest BCUT2D eigenvalue weighted by Gasteiger charge is 2.20. The van der Waals surface area contributed by atoms with Crippen LogP contribution in [0.15, 0.2) is 18.2 Å².